The van der Waals surface area contributed by atoms with Crippen molar-refractivity contribution in [1.29, 1.82) is 0 Å². The zero-order valence-corrected chi connectivity index (χ0v) is 73.1. The van der Waals surface area contributed by atoms with Crippen LogP contribution in [-0.2, 0) is 19.3 Å². The molecule has 0 saturated heterocycles. The number of carboxylic acids is 1. The summed E-state index contributed by atoms with van der Waals surface area (Å²) in [6, 6.07) is 67.6. The minimum absolute atomic E-state index is 0.122. The number of nitrogens with two attached hydrogens (primary N) is 1. The van der Waals surface area contributed by atoms with E-state index < -0.39 is 33.7 Å². The predicted octanol–water partition coefficient (Wildman–Crippen LogP) is 19.5. The number of aromatic carboxylic acids is 1. The highest BCUT2D eigenvalue weighted by molar-refractivity contribution is 7.90. The van der Waals surface area contributed by atoms with E-state index in [2.05, 4.69) is 29.7 Å². The van der Waals surface area contributed by atoms with E-state index in [1.807, 2.05) is 25.1 Å². The van der Waals surface area contributed by atoms with Crippen LogP contribution >= 0.6 is 47.6 Å². The van der Waals surface area contributed by atoms with E-state index in [-0.39, 0.29) is 50.0 Å². The summed E-state index contributed by atoms with van der Waals surface area (Å²) < 4.78 is 76.9. The number of methoxy groups -OCH3 is 5. The number of hydrogen-bond acceptors (Lipinski definition) is 26. The number of esters is 2. The van der Waals surface area contributed by atoms with E-state index in [1.165, 1.54) is 59.3 Å². The molecule has 31 heteroatoms. The second kappa shape index (κ2) is 41.4. The Bertz CT molecular complexity index is 7160. The van der Waals surface area contributed by atoms with Crippen molar-refractivity contribution in [3.63, 3.8) is 0 Å². The molecule has 15 rings (SSSR count). The van der Waals surface area contributed by atoms with Crippen LogP contribution < -0.4 is 47.7 Å². The lowest BCUT2D eigenvalue weighted by molar-refractivity contribution is 0.0592. The summed E-state index contributed by atoms with van der Waals surface area (Å²) in [6.45, 7) is 7.89. The van der Waals surface area contributed by atoms with Gasteiger partial charge in [-0.1, -0.05) is 47.6 Å². The van der Waals surface area contributed by atoms with Crippen LogP contribution in [0, 0.1) is 0 Å². The first-order valence-electron chi connectivity index (χ1n) is 37.7. The molecule has 0 aliphatic heterocycles. The van der Waals surface area contributed by atoms with Crippen molar-refractivity contribution >= 4 is 192 Å². The smallest absolute Gasteiger partial charge is 0.337 e. The SMILES string of the molecule is CC(=S)c1cc2cc(Cl)ccc2oc1=Nc1ccc(S(C)(=O)=O)cc1.COC(=O)c1ccc(N=c2oc3ccc(Cl)cc3cc2C(C)=S)cc1.COC(=O)c1ccc2oc(=Nc3ccc(OC)cc3)c(C(C)=O)cc2c1.COc1ccc(N=c2oc3ccc(C(=O)O)cc3cc2C(C)=O)cc1.COc1ccc(N=c2oc3ccc(C(N)=O)cc3cc2C(C)=O)cc1. The number of carbonyl (C=O) groups excluding carboxylic acids is 6. The monoisotopic (exact) mass is 1790 g/mol. The van der Waals surface area contributed by atoms with Crippen LogP contribution in [0.4, 0.5) is 28.4 Å². The van der Waals surface area contributed by atoms with Gasteiger partial charge in [0, 0.05) is 58.5 Å². The Labute approximate surface area is 739 Å². The number of halogens is 2. The van der Waals surface area contributed by atoms with Crippen LogP contribution in [0.2, 0.25) is 10.0 Å². The second-order valence-electron chi connectivity index (χ2n) is 27.3. The largest absolute Gasteiger partial charge is 0.497 e. The molecule has 0 spiro atoms. The van der Waals surface area contributed by atoms with Gasteiger partial charge in [-0.3, -0.25) is 19.2 Å². The van der Waals surface area contributed by atoms with Gasteiger partial charge in [0.15, 0.2) is 27.2 Å². The van der Waals surface area contributed by atoms with Gasteiger partial charge >= 0.3 is 17.9 Å². The van der Waals surface area contributed by atoms with Gasteiger partial charge in [0.05, 0.1) is 113 Å². The Kier molecular flexibility index (Phi) is 30.2. The summed E-state index contributed by atoms with van der Waals surface area (Å²) in [7, 11) is 4.15. The van der Waals surface area contributed by atoms with Crippen molar-refractivity contribution < 1.29 is 92.9 Å². The molecule has 126 heavy (non-hydrogen) atoms. The van der Waals surface area contributed by atoms with Crippen LogP contribution in [0.25, 0.3) is 54.8 Å². The molecule has 0 aliphatic carbocycles. The van der Waals surface area contributed by atoms with Crippen molar-refractivity contribution in [2.45, 2.75) is 39.5 Å². The minimum atomic E-state index is -3.25. The van der Waals surface area contributed by atoms with E-state index in [1.54, 1.807) is 228 Å². The van der Waals surface area contributed by atoms with Crippen LogP contribution in [0.3, 0.4) is 0 Å². The molecule has 10 aromatic carbocycles. The molecule has 0 atom stereocenters. The van der Waals surface area contributed by atoms with Crippen molar-refractivity contribution in [3.05, 3.63) is 331 Å². The van der Waals surface area contributed by atoms with Gasteiger partial charge in [0.25, 0.3) is 0 Å². The highest BCUT2D eigenvalue weighted by Gasteiger charge is 2.18. The van der Waals surface area contributed by atoms with E-state index >= 15 is 0 Å². The molecule has 26 nitrogen and oxygen atoms in total. The third-order valence-electron chi connectivity index (χ3n) is 18.4. The maximum atomic E-state index is 12.0. The summed E-state index contributed by atoms with van der Waals surface area (Å²) in [5.41, 5.74) is 16.1. The number of amides is 1. The van der Waals surface area contributed by atoms with E-state index in [9.17, 15) is 42.0 Å². The fourth-order valence-electron chi connectivity index (χ4n) is 11.9. The first kappa shape index (κ1) is 92.0. The molecule has 0 fully saturated rings. The van der Waals surface area contributed by atoms with Gasteiger partial charge in [0.2, 0.25) is 33.7 Å². The molecule has 0 radical (unpaired) electrons. The second-order valence-corrected chi connectivity index (χ2v) is 31.5. The quantitative estimate of drug-likeness (QED) is 0.0458. The molecule has 3 N–H and O–H groups in total. The van der Waals surface area contributed by atoms with Crippen LogP contribution in [0.1, 0.15) is 118 Å². The topological polar surface area (TPSA) is 374 Å². The Morgan fingerprint density at radius 2 is 0.595 bits per heavy atom. The number of nitrogens with zero attached hydrogens (tertiary/aromatic N) is 5. The molecule has 0 aliphatic rings. The lowest BCUT2D eigenvalue weighted by Crippen LogP contribution is -2.14. The van der Waals surface area contributed by atoms with Crippen molar-refractivity contribution in [2.75, 3.05) is 41.8 Å². The van der Waals surface area contributed by atoms with E-state index in [0.717, 1.165) is 22.6 Å². The third kappa shape index (κ3) is 23.7. The zero-order chi connectivity index (χ0) is 90.8. The fourth-order valence-corrected chi connectivity index (χ4v) is 13.2. The van der Waals surface area contributed by atoms with Gasteiger partial charge in [-0.05, 0) is 277 Å². The maximum Gasteiger partial charge on any atom is 0.337 e. The van der Waals surface area contributed by atoms with E-state index in [4.69, 9.17) is 99.5 Å². The highest BCUT2D eigenvalue weighted by Crippen LogP contribution is 2.28. The van der Waals surface area contributed by atoms with Crippen LogP contribution in [0.15, 0.2) is 295 Å². The molecular formula is C95H76Cl2N6O20S3. The number of fused-ring (bicyclic) bond motifs is 5. The Morgan fingerprint density at radius 3 is 0.889 bits per heavy atom. The number of primary amides is 1. The summed E-state index contributed by atoms with van der Waals surface area (Å²) in [4.78, 5) is 105. The predicted molar refractivity (Wildman–Crippen MR) is 485 cm³/mol. The molecule has 0 saturated carbocycles. The maximum absolute atomic E-state index is 12.0. The first-order chi connectivity index (χ1) is 60.2. The zero-order valence-electron chi connectivity index (χ0n) is 69.1. The summed E-state index contributed by atoms with van der Waals surface area (Å²) >= 11 is 22.7. The molecule has 1 amide bonds. The normalized spacial score (nSPS) is 11.7. The van der Waals surface area contributed by atoms with Crippen molar-refractivity contribution in [1.82, 2.24) is 0 Å². The molecule has 5 aromatic heterocycles. The van der Waals surface area contributed by atoms with Gasteiger partial charge < -0.3 is 56.6 Å². The molecular weight excluding hydrogens is 1710 g/mol. The Hall–Kier alpha value is -14.8. The number of benzene rings is 10. The number of hydrogen-bond donors (Lipinski definition) is 2. The number of rotatable bonds is 18. The number of Topliss-reactive ketones (excluding diaryl/α,β-unsaturated/α-hetero) is 3. The highest BCUT2D eigenvalue weighted by atomic mass is 35.5. The van der Waals surface area contributed by atoms with Gasteiger partial charge in [-0.25, -0.2) is 47.8 Å². The lowest BCUT2D eigenvalue weighted by Gasteiger charge is -2.05. The fraction of sp³-hybridized carbons (Fsp3) is 0.116. The van der Waals surface area contributed by atoms with Crippen molar-refractivity contribution in [3.8, 4) is 17.2 Å². The number of sulfone groups is 1. The number of carboxylic acid groups (broad SMARTS) is 1. The van der Waals surface area contributed by atoms with Gasteiger partial charge in [-0.15, -0.1) is 0 Å². The summed E-state index contributed by atoms with van der Waals surface area (Å²) in [6.07, 6.45) is 1.16. The number of thiocarbonyl (C=S) groups is 2. The van der Waals surface area contributed by atoms with Crippen molar-refractivity contribution in [2.24, 2.45) is 30.7 Å². The lowest BCUT2D eigenvalue weighted by atomic mass is 10.1. The minimum Gasteiger partial charge on any atom is -0.497 e. The number of carbonyl (C=O) groups is 7. The number of ketones is 3. The van der Waals surface area contributed by atoms with Gasteiger partial charge in [-0.2, -0.15) is 0 Å². The molecule has 0 unspecified atom stereocenters. The standard InChI is InChI=1S/C20H17NO5.C19H14ClNO3S.C19H16N2O4.C19H15NO5.C18H14ClNO3S2/c1-12(22)17-11-14-10-13(20(23)25-3)4-9-18(14)26-19(17)21-15-5-7-16(24-2)8-6-15;1-11(25)16-10-13-9-14(20)5-8-17(13)24-18(16)21-15-6-3-12(4-7-15)19(22)23-2;1-11(22)16-10-13-9-12(18(20)23)3-8-17(13)25-19(16)21-14-4-6-15(24-2)7-5-14;1-11(21)16-10-13-9-12(19(22)23)3-8-17(13)25-18(16)20-14-4-6-15(24-2)7-5-14;1-11(24)16-10-12-9-13(19)3-8-17(12)23-18(16)20-14-4-6-15(7-5-14)25(2,21)22/h4-11H,1-3H3;3-10H,1-2H3;3-10H,1-2H3,(H2,20,23);3-10H,1-2H3,(H,22,23);3-10H,1-2H3. The average molecular weight is 1790 g/mol. The summed E-state index contributed by atoms with van der Waals surface area (Å²) in [5.74, 6) is -0.925. The Balaban J connectivity index is 0.000000153. The molecule has 0 bridgehead atoms. The number of ether oxygens (including phenoxy) is 5. The summed E-state index contributed by atoms with van der Waals surface area (Å²) in [5, 5.41) is 13.8. The first-order valence-corrected chi connectivity index (χ1v) is 41.2. The third-order valence-corrected chi connectivity index (χ3v) is 20.5. The Morgan fingerprint density at radius 1 is 0.341 bits per heavy atom. The molecule has 15 aromatic rings. The average Bonchev–Trinajstić information content (AvgIpc) is 0.813. The van der Waals surface area contributed by atoms with Gasteiger partial charge in [0.1, 0.15) is 45.2 Å². The molecule has 638 valence electrons. The molecule has 5 heterocycles. The van der Waals surface area contributed by atoms with E-state index in [0.29, 0.717) is 154 Å². The van der Waals surface area contributed by atoms with Crippen LogP contribution in [0.5, 0.6) is 17.2 Å². The van der Waals surface area contributed by atoms with Crippen LogP contribution in [-0.4, -0.2) is 106 Å².